The summed E-state index contributed by atoms with van der Waals surface area (Å²) >= 11 is 0. The first kappa shape index (κ1) is 14.0. The van der Waals surface area contributed by atoms with E-state index in [2.05, 4.69) is 64.6 Å². The van der Waals surface area contributed by atoms with Crippen molar-refractivity contribution < 1.29 is 0 Å². The summed E-state index contributed by atoms with van der Waals surface area (Å²) in [5, 5.41) is 10.9. The van der Waals surface area contributed by atoms with Crippen molar-refractivity contribution in [3.8, 4) is 6.07 Å². The van der Waals surface area contributed by atoms with E-state index in [-0.39, 0.29) is 6.04 Å². The number of para-hydroxylation sites is 1. The lowest BCUT2D eigenvalue weighted by molar-refractivity contribution is 0.227. The molecule has 1 unspecified atom stereocenters. The number of aromatic amines is 1. The Bertz CT molecular complexity index is 872. The molecular formula is C20H19N3. The average molecular weight is 301 g/mol. The van der Waals surface area contributed by atoms with Crippen LogP contribution in [-0.4, -0.2) is 23.0 Å². The van der Waals surface area contributed by atoms with E-state index in [0.29, 0.717) is 0 Å². The van der Waals surface area contributed by atoms with Gasteiger partial charge in [-0.25, -0.2) is 0 Å². The molecule has 1 aliphatic heterocycles. The topological polar surface area (TPSA) is 42.8 Å². The monoisotopic (exact) mass is 301 g/mol. The van der Waals surface area contributed by atoms with E-state index in [4.69, 9.17) is 0 Å². The minimum Gasteiger partial charge on any atom is -0.361 e. The van der Waals surface area contributed by atoms with E-state index in [1.54, 1.807) is 0 Å². The molecule has 0 bridgehead atoms. The molecule has 2 heterocycles. The Morgan fingerprint density at radius 2 is 1.96 bits per heavy atom. The predicted octanol–water partition coefficient (Wildman–Crippen LogP) is 3.83. The SMILES string of the molecule is N#CC1c2ccccc2CCN1CCc1c[nH]c2ccccc12. The second-order valence-corrected chi connectivity index (χ2v) is 6.13. The van der Waals surface area contributed by atoms with Crippen LogP contribution in [0.5, 0.6) is 0 Å². The number of hydrogen-bond donors (Lipinski definition) is 1. The molecule has 1 N–H and O–H groups in total. The first-order valence-electron chi connectivity index (χ1n) is 8.13. The summed E-state index contributed by atoms with van der Waals surface area (Å²) in [5.41, 5.74) is 5.02. The number of nitrogens with zero attached hydrogens (tertiary/aromatic N) is 2. The van der Waals surface area contributed by atoms with Gasteiger partial charge in [-0.05, 0) is 35.6 Å². The Hall–Kier alpha value is -2.57. The maximum Gasteiger partial charge on any atom is 0.124 e. The van der Waals surface area contributed by atoms with Crippen LogP contribution in [0.25, 0.3) is 10.9 Å². The molecule has 0 radical (unpaired) electrons. The zero-order chi connectivity index (χ0) is 15.6. The van der Waals surface area contributed by atoms with E-state index >= 15 is 0 Å². The Morgan fingerprint density at radius 3 is 2.87 bits per heavy atom. The summed E-state index contributed by atoms with van der Waals surface area (Å²) in [4.78, 5) is 5.64. The van der Waals surface area contributed by atoms with Gasteiger partial charge in [0.1, 0.15) is 6.04 Å². The molecule has 4 rings (SSSR count). The van der Waals surface area contributed by atoms with Gasteiger partial charge in [0.05, 0.1) is 6.07 Å². The number of nitrogens with one attached hydrogen (secondary N) is 1. The first-order chi connectivity index (χ1) is 11.4. The Kier molecular flexibility index (Phi) is 3.61. The Morgan fingerprint density at radius 1 is 1.13 bits per heavy atom. The molecule has 3 nitrogen and oxygen atoms in total. The van der Waals surface area contributed by atoms with Gasteiger partial charge < -0.3 is 4.98 Å². The molecule has 0 saturated carbocycles. The summed E-state index contributed by atoms with van der Waals surface area (Å²) in [7, 11) is 0. The van der Waals surface area contributed by atoms with E-state index in [9.17, 15) is 5.26 Å². The van der Waals surface area contributed by atoms with Crippen LogP contribution in [0.15, 0.2) is 54.7 Å². The second-order valence-electron chi connectivity index (χ2n) is 6.13. The third kappa shape index (κ3) is 2.52. The van der Waals surface area contributed by atoms with Crippen molar-refractivity contribution in [1.29, 1.82) is 5.26 Å². The predicted molar refractivity (Wildman–Crippen MR) is 92.1 cm³/mol. The lowest BCUT2D eigenvalue weighted by atomic mass is 9.93. The summed E-state index contributed by atoms with van der Waals surface area (Å²) in [6.07, 6.45) is 4.09. The molecule has 3 heteroatoms. The van der Waals surface area contributed by atoms with Gasteiger partial charge in [-0.15, -0.1) is 0 Å². The molecule has 0 spiro atoms. The molecule has 1 aromatic heterocycles. The van der Waals surface area contributed by atoms with Crippen molar-refractivity contribution in [2.75, 3.05) is 13.1 Å². The molecule has 0 aliphatic carbocycles. The van der Waals surface area contributed by atoms with Crippen LogP contribution >= 0.6 is 0 Å². The van der Waals surface area contributed by atoms with E-state index in [1.165, 1.54) is 27.6 Å². The molecule has 1 atom stereocenters. The largest absolute Gasteiger partial charge is 0.361 e. The molecule has 114 valence electrons. The van der Waals surface area contributed by atoms with Gasteiger partial charge in [0.25, 0.3) is 0 Å². The zero-order valence-electron chi connectivity index (χ0n) is 13.0. The summed E-state index contributed by atoms with van der Waals surface area (Å²) in [6.45, 7) is 1.87. The zero-order valence-corrected chi connectivity index (χ0v) is 13.0. The molecular weight excluding hydrogens is 282 g/mol. The first-order valence-corrected chi connectivity index (χ1v) is 8.13. The maximum absolute atomic E-state index is 9.64. The van der Waals surface area contributed by atoms with Crippen LogP contribution in [-0.2, 0) is 12.8 Å². The second kappa shape index (κ2) is 5.91. The van der Waals surface area contributed by atoms with Crippen molar-refractivity contribution in [1.82, 2.24) is 9.88 Å². The number of H-pyrrole nitrogens is 1. The van der Waals surface area contributed by atoms with Gasteiger partial charge in [0, 0.05) is 30.2 Å². The van der Waals surface area contributed by atoms with Gasteiger partial charge in [-0.2, -0.15) is 5.26 Å². The van der Waals surface area contributed by atoms with Crippen molar-refractivity contribution in [3.05, 3.63) is 71.4 Å². The summed E-state index contributed by atoms with van der Waals surface area (Å²) in [5.74, 6) is 0. The number of hydrogen-bond acceptors (Lipinski definition) is 2. The van der Waals surface area contributed by atoms with E-state index in [1.807, 2.05) is 6.07 Å². The van der Waals surface area contributed by atoms with Gasteiger partial charge in [-0.1, -0.05) is 42.5 Å². The molecule has 23 heavy (non-hydrogen) atoms. The van der Waals surface area contributed by atoms with Gasteiger partial charge in [0.15, 0.2) is 0 Å². The van der Waals surface area contributed by atoms with Gasteiger partial charge >= 0.3 is 0 Å². The van der Waals surface area contributed by atoms with Crippen LogP contribution in [0, 0.1) is 11.3 Å². The highest BCUT2D eigenvalue weighted by Gasteiger charge is 2.26. The third-order valence-electron chi connectivity index (χ3n) is 4.85. The highest BCUT2D eigenvalue weighted by Crippen LogP contribution is 2.29. The quantitative estimate of drug-likeness (QED) is 0.799. The number of aromatic nitrogens is 1. The number of benzene rings is 2. The maximum atomic E-state index is 9.64. The average Bonchev–Trinajstić information content (AvgIpc) is 3.02. The minimum absolute atomic E-state index is 0.120. The molecule has 0 fully saturated rings. The Labute approximate surface area is 136 Å². The molecule has 2 aromatic carbocycles. The lowest BCUT2D eigenvalue weighted by Gasteiger charge is -2.33. The fourth-order valence-corrected chi connectivity index (χ4v) is 3.61. The van der Waals surface area contributed by atoms with Crippen LogP contribution in [0.4, 0.5) is 0 Å². The van der Waals surface area contributed by atoms with Crippen molar-refractivity contribution in [3.63, 3.8) is 0 Å². The van der Waals surface area contributed by atoms with Crippen LogP contribution in [0.3, 0.4) is 0 Å². The molecule has 0 amide bonds. The van der Waals surface area contributed by atoms with E-state index in [0.717, 1.165) is 25.9 Å². The van der Waals surface area contributed by atoms with Crippen molar-refractivity contribution in [2.24, 2.45) is 0 Å². The molecule has 0 saturated heterocycles. The minimum atomic E-state index is -0.120. The van der Waals surface area contributed by atoms with Crippen molar-refractivity contribution >= 4 is 10.9 Å². The smallest absolute Gasteiger partial charge is 0.124 e. The summed E-state index contributed by atoms with van der Waals surface area (Å²) in [6, 6.07) is 19.1. The Balaban J connectivity index is 1.54. The highest BCUT2D eigenvalue weighted by molar-refractivity contribution is 5.83. The van der Waals surface area contributed by atoms with Crippen LogP contribution < -0.4 is 0 Å². The number of rotatable bonds is 3. The van der Waals surface area contributed by atoms with E-state index < -0.39 is 0 Å². The number of fused-ring (bicyclic) bond motifs is 2. The fourth-order valence-electron chi connectivity index (χ4n) is 3.61. The van der Waals surface area contributed by atoms with Crippen molar-refractivity contribution in [2.45, 2.75) is 18.9 Å². The lowest BCUT2D eigenvalue weighted by Crippen LogP contribution is -2.36. The fraction of sp³-hybridized carbons (Fsp3) is 0.250. The normalized spacial score (nSPS) is 17.8. The van der Waals surface area contributed by atoms with Gasteiger partial charge in [0.2, 0.25) is 0 Å². The molecule has 1 aliphatic rings. The summed E-state index contributed by atoms with van der Waals surface area (Å²) < 4.78 is 0. The number of nitriles is 1. The van der Waals surface area contributed by atoms with Crippen LogP contribution in [0.1, 0.15) is 22.7 Å². The standard InChI is InChI=1S/C20H19N3/c21-13-20-18-7-2-1-5-15(18)9-11-23(20)12-10-16-14-22-19-8-4-3-6-17(16)19/h1-8,14,20,22H,9-12H2. The highest BCUT2D eigenvalue weighted by atomic mass is 15.2. The third-order valence-corrected chi connectivity index (χ3v) is 4.85. The van der Waals surface area contributed by atoms with Gasteiger partial charge in [-0.3, -0.25) is 4.90 Å². The van der Waals surface area contributed by atoms with Crippen LogP contribution in [0.2, 0.25) is 0 Å². The molecule has 3 aromatic rings.